The maximum Gasteiger partial charge on any atom is 0.410 e. The summed E-state index contributed by atoms with van der Waals surface area (Å²) in [5.74, 6) is -5.23. The molecule has 1 N–H and O–H groups in total. The van der Waals surface area contributed by atoms with Crippen LogP contribution in [0.15, 0.2) is 0 Å². The normalized spacial score (nSPS) is 41.7. The predicted octanol–water partition coefficient (Wildman–Crippen LogP) is 6.03. The highest BCUT2D eigenvalue weighted by molar-refractivity contribution is 5.91. The van der Waals surface area contributed by atoms with E-state index in [1.165, 1.54) is 14.2 Å². The van der Waals surface area contributed by atoms with E-state index in [2.05, 4.69) is 18.9 Å². The molecule has 1 amide bonds. The van der Waals surface area contributed by atoms with Gasteiger partial charge in [-0.15, -0.1) is 0 Å². The van der Waals surface area contributed by atoms with Gasteiger partial charge in [0.2, 0.25) is 0 Å². The van der Waals surface area contributed by atoms with E-state index in [1.807, 2.05) is 55.4 Å². The summed E-state index contributed by atoms with van der Waals surface area (Å²) in [7, 11) is 5.01. The van der Waals surface area contributed by atoms with Crippen LogP contribution in [-0.2, 0) is 61.8 Å². The molecule has 4 saturated heterocycles. The van der Waals surface area contributed by atoms with E-state index < -0.39 is 108 Å². The Bertz CT molecular complexity index is 1590. The highest BCUT2D eigenvalue weighted by Crippen LogP contribution is 2.39. The van der Waals surface area contributed by atoms with E-state index >= 15 is 4.79 Å². The number of amides is 1. The van der Waals surface area contributed by atoms with Crippen molar-refractivity contribution in [3.63, 3.8) is 0 Å². The quantitative estimate of drug-likeness (QED) is 0.176. The van der Waals surface area contributed by atoms with Gasteiger partial charge in [-0.2, -0.15) is 0 Å². The van der Waals surface area contributed by atoms with Crippen molar-refractivity contribution in [1.29, 1.82) is 0 Å². The highest BCUT2D eigenvalue weighted by Gasteiger charge is 2.51. The molecule has 17 heteroatoms. The molecule has 0 unspecified atom stereocenters. The molecule has 67 heavy (non-hydrogen) atoms. The molecule has 0 radical (unpaired) electrons. The number of aliphatic hydroxyl groups excluding tert-OH is 1. The van der Waals surface area contributed by atoms with Crippen LogP contribution < -0.4 is 0 Å². The largest absolute Gasteiger partial charge is 0.461 e. The number of ketones is 1. The molecule has 0 aromatic rings. The fourth-order valence-corrected chi connectivity index (χ4v) is 10.8. The molecule has 17 nitrogen and oxygen atoms in total. The molecule has 4 fully saturated rings. The van der Waals surface area contributed by atoms with Gasteiger partial charge in [-0.3, -0.25) is 14.4 Å². The van der Waals surface area contributed by atoms with Crippen LogP contribution in [0.5, 0.6) is 0 Å². The van der Waals surface area contributed by atoms with E-state index in [9.17, 15) is 19.5 Å². The summed E-state index contributed by atoms with van der Waals surface area (Å²) in [6.07, 6.45) is -7.50. The topological polar surface area (TPSA) is 187 Å². The minimum Gasteiger partial charge on any atom is -0.461 e. The van der Waals surface area contributed by atoms with Crippen molar-refractivity contribution in [1.82, 2.24) is 9.80 Å². The summed E-state index contributed by atoms with van der Waals surface area (Å²) in [5.41, 5.74) is -1.66. The predicted molar refractivity (Wildman–Crippen MR) is 249 cm³/mol. The van der Waals surface area contributed by atoms with Gasteiger partial charge in [0.15, 0.2) is 24.0 Å². The molecule has 0 spiro atoms. The molecule has 4 heterocycles. The first-order valence-electron chi connectivity index (χ1n) is 24.9. The van der Waals surface area contributed by atoms with E-state index in [-0.39, 0.29) is 61.6 Å². The van der Waals surface area contributed by atoms with Gasteiger partial charge in [-0.25, -0.2) is 4.79 Å². The first kappa shape index (κ1) is 57.1. The molecule has 0 aromatic carbocycles. The summed E-state index contributed by atoms with van der Waals surface area (Å²) >= 11 is 0. The average Bonchev–Trinajstić information content (AvgIpc) is 3.36. The Morgan fingerprint density at radius 3 is 2.01 bits per heavy atom. The van der Waals surface area contributed by atoms with Gasteiger partial charge in [0.05, 0.1) is 62.1 Å². The average molecular weight is 957 g/mol. The first-order chi connectivity index (χ1) is 31.3. The molecule has 388 valence electrons. The van der Waals surface area contributed by atoms with E-state index in [0.29, 0.717) is 32.5 Å². The van der Waals surface area contributed by atoms with Crippen molar-refractivity contribution in [3.05, 3.63) is 0 Å². The van der Waals surface area contributed by atoms with Crippen LogP contribution in [0.4, 0.5) is 4.79 Å². The van der Waals surface area contributed by atoms with E-state index in [0.717, 1.165) is 0 Å². The molecule has 0 aliphatic carbocycles. The van der Waals surface area contributed by atoms with Crippen LogP contribution in [0.1, 0.15) is 123 Å². The molecule has 0 bridgehead atoms. The summed E-state index contributed by atoms with van der Waals surface area (Å²) in [6.45, 7) is 27.5. The zero-order valence-electron chi connectivity index (χ0n) is 43.8. The third-order valence-corrected chi connectivity index (χ3v) is 14.4. The number of hydrogen-bond donors (Lipinski definition) is 1. The van der Waals surface area contributed by atoms with Gasteiger partial charge < -0.3 is 62.3 Å². The Labute approximate surface area is 401 Å². The van der Waals surface area contributed by atoms with Crippen LogP contribution in [0.3, 0.4) is 0 Å². The summed E-state index contributed by atoms with van der Waals surface area (Å²) < 4.78 is 62.5. The van der Waals surface area contributed by atoms with Gasteiger partial charge in [0, 0.05) is 51.5 Å². The molecular formula is C50H88N2O15. The number of cyclic esters (lactones) is 1. The number of methoxy groups -OCH3 is 2. The van der Waals surface area contributed by atoms with Crippen molar-refractivity contribution in [2.24, 2.45) is 41.4 Å². The minimum atomic E-state index is -1.66. The number of carbonyl (C=O) groups excluding carboxylic acids is 4. The lowest BCUT2D eigenvalue weighted by atomic mass is 9.75. The second-order valence-electron chi connectivity index (χ2n) is 21.5. The molecule has 4 aliphatic rings. The number of hydrogen-bond acceptors (Lipinski definition) is 16. The van der Waals surface area contributed by atoms with Crippen LogP contribution in [-0.4, -0.2) is 171 Å². The number of rotatable bonds is 12. The van der Waals surface area contributed by atoms with Crippen molar-refractivity contribution in [2.75, 3.05) is 47.5 Å². The monoisotopic (exact) mass is 957 g/mol. The third-order valence-electron chi connectivity index (χ3n) is 14.4. The van der Waals surface area contributed by atoms with Gasteiger partial charge in [-0.05, 0) is 86.1 Å². The Balaban J connectivity index is 1.83. The lowest BCUT2D eigenvalue weighted by Gasteiger charge is -2.43. The van der Waals surface area contributed by atoms with Crippen molar-refractivity contribution < 1.29 is 71.7 Å². The molecule has 4 aliphatic heterocycles. The highest BCUT2D eigenvalue weighted by atomic mass is 16.7. The molecule has 4 rings (SSSR count). The number of aliphatic hydroxyl groups is 1. The van der Waals surface area contributed by atoms with E-state index in [4.69, 9.17) is 47.4 Å². The van der Waals surface area contributed by atoms with Gasteiger partial charge >= 0.3 is 18.0 Å². The van der Waals surface area contributed by atoms with Gasteiger partial charge in [0.25, 0.3) is 0 Å². The third kappa shape index (κ3) is 15.0. The lowest BCUT2D eigenvalue weighted by Crippen LogP contribution is -2.59. The van der Waals surface area contributed by atoms with Crippen LogP contribution in [0.2, 0.25) is 0 Å². The smallest absolute Gasteiger partial charge is 0.410 e. The Hall–Kier alpha value is -2.48. The minimum absolute atomic E-state index is 0.0335. The number of ether oxygens (including phenoxy) is 10. The molecule has 0 saturated carbocycles. The summed E-state index contributed by atoms with van der Waals surface area (Å²) in [6, 6.07) is 0.142. The lowest BCUT2D eigenvalue weighted by molar-refractivity contribution is -0.305. The molecule has 0 aromatic heterocycles. The van der Waals surface area contributed by atoms with Crippen molar-refractivity contribution >= 4 is 23.8 Å². The zero-order chi connectivity index (χ0) is 50.2. The van der Waals surface area contributed by atoms with Crippen molar-refractivity contribution in [2.45, 2.75) is 208 Å². The maximum atomic E-state index is 15.4. The van der Waals surface area contributed by atoms with Crippen LogP contribution in [0, 0.1) is 41.4 Å². The maximum absolute atomic E-state index is 15.4. The van der Waals surface area contributed by atoms with E-state index in [1.54, 1.807) is 39.5 Å². The first-order valence-corrected chi connectivity index (χ1v) is 24.9. The number of carbonyl (C=O) groups is 4. The van der Waals surface area contributed by atoms with Crippen LogP contribution in [0.25, 0.3) is 0 Å². The van der Waals surface area contributed by atoms with Crippen LogP contribution >= 0.6 is 0 Å². The fraction of sp³-hybridized carbons (Fsp3) is 0.920. The fourth-order valence-electron chi connectivity index (χ4n) is 10.8. The number of Topliss-reactive ketones (excluding diaryl/α,β-unsaturated/α-hetero) is 1. The number of likely N-dealkylation sites (N-methyl/N-ethyl adjacent to an activating group) is 1. The zero-order valence-corrected chi connectivity index (χ0v) is 43.8. The van der Waals surface area contributed by atoms with Crippen molar-refractivity contribution in [3.8, 4) is 0 Å². The Kier molecular flexibility index (Phi) is 21.4. The number of esters is 2. The summed E-state index contributed by atoms with van der Waals surface area (Å²) in [5, 5.41) is 10.8. The second-order valence-corrected chi connectivity index (χ2v) is 21.5. The Morgan fingerprint density at radius 2 is 1.42 bits per heavy atom. The SMILES string of the molecule is CO[C@@H]1[C@H](O)[C@@H](C)O[C@@H](OC[C@H](C)[C@H]2OC(=O)[C@H](C)[C@@H](O[C@H]3C[C@@H](C)N(C)C[C@H](C)O3)[C@H](C)C[C@@H](C)C[C@](C)(OC(=O)N3C[C@H](C)O[C@@H](C)C3)C(=O)[C@H](C)[C@H](OC(=O)CC(C)C)[C@H]2C)[C@@H]1OC. The second kappa shape index (κ2) is 25.1. The summed E-state index contributed by atoms with van der Waals surface area (Å²) in [4.78, 5) is 62.0. The number of nitrogens with zero attached hydrogens (tertiary/aromatic N) is 2. The van der Waals surface area contributed by atoms with Gasteiger partial charge in [0.1, 0.15) is 30.5 Å². The number of morpholine rings is 1. The molecular weight excluding hydrogens is 869 g/mol. The standard InChI is InChI=1S/C50H88N2O15/c1-26(2)18-38(53)64-43-34(10)42(29(5)25-60-48-45(59-17)44(58-16)40(54)37(13)63-48)66-47(56)36(12)41(65-39-20-30(6)51(15)22-31(7)62-39)28(4)19-27(3)21-50(14,46(55)35(43)11)67-49(57)52-23-32(8)61-33(9)24-52/h26-37,39-45,48,54H,18-25H2,1-17H3/t27-,28-,29+,30-,31+,32+,33+,34+,35-,36-,37-,39+,40-,41+,42-,43-,44-,45-,48-,50+/m1/s1. The Morgan fingerprint density at radius 1 is 0.806 bits per heavy atom. The van der Waals surface area contributed by atoms with Gasteiger partial charge in [-0.1, -0.05) is 48.5 Å². The molecule has 20 atom stereocenters.